The molecule has 0 unspecified atom stereocenters. The van der Waals surface area contributed by atoms with Crippen LogP contribution in [0.25, 0.3) is 0 Å². The van der Waals surface area contributed by atoms with Crippen LogP contribution in [0.5, 0.6) is 0 Å². The molecule has 0 aliphatic heterocycles. The quantitative estimate of drug-likeness (QED) is 0.667. The van der Waals surface area contributed by atoms with Gasteiger partial charge in [0.15, 0.2) is 0 Å². The lowest BCUT2D eigenvalue weighted by Gasteiger charge is -1.95. The van der Waals surface area contributed by atoms with Crippen LogP contribution in [0.2, 0.25) is 0 Å². The Labute approximate surface area is 74.4 Å². The van der Waals surface area contributed by atoms with Crippen molar-refractivity contribution in [2.45, 2.75) is 4.90 Å². The van der Waals surface area contributed by atoms with Gasteiger partial charge in [-0.25, -0.2) is 4.79 Å². The van der Waals surface area contributed by atoms with Gasteiger partial charge in [0.2, 0.25) is 0 Å². The highest BCUT2D eigenvalue weighted by Gasteiger charge is 2.10. The first-order valence-electron chi connectivity index (χ1n) is 3.05. The van der Waals surface area contributed by atoms with Crippen molar-refractivity contribution in [3.63, 3.8) is 0 Å². The van der Waals surface area contributed by atoms with Gasteiger partial charge in [0, 0.05) is 0 Å². The molecule has 5 nitrogen and oxygen atoms in total. The van der Waals surface area contributed by atoms with E-state index in [1.165, 1.54) is 0 Å². The smallest absolute Gasteiger partial charge is 0.336 e. The van der Waals surface area contributed by atoms with Crippen LogP contribution in [0.3, 0.4) is 0 Å². The van der Waals surface area contributed by atoms with Crippen molar-refractivity contribution in [1.29, 1.82) is 0 Å². The molecule has 0 fully saturated rings. The Morgan fingerprint density at radius 3 is 2.08 bits per heavy atom. The third kappa shape index (κ3) is 2.27. The Morgan fingerprint density at radius 1 is 1.31 bits per heavy atom. The topological polar surface area (TPSA) is 91.7 Å². The van der Waals surface area contributed by atoms with Crippen molar-refractivity contribution < 1.29 is 22.9 Å². The predicted molar refractivity (Wildman–Crippen MR) is 40.9 cm³/mol. The molecule has 0 atom stereocenters. The molecule has 0 amide bonds. The van der Waals surface area contributed by atoms with E-state index in [9.17, 15) is 13.2 Å². The molecular formula is C7H4O5S. The lowest BCUT2D eigenvalue weighted by molar-refractivity contribution is 0.0696. The summed E-state index contributed by atoms with van der Waals surface area (Å²) in [6.07, 6.45) is 0. The van der Waals surface area contributed by atoms with Gasteiger partial charge in [0.25, 0.3) is 10.1 Å². The number of hydrogen-bond donors (Lipinski definition) is 2. The zero-order valence-electron chi connectivity index (χ0n) is 6.18. The highest BCUT2D eigenvalue weighted by molar-refractivity contribution is 7.85. The molecule has 0 saturated heterocycles. The molecule has 1 aromatic carbocycles. The summed E-state index contributed by atoms with van der Waals surface area (Å²) >= 11 is 0. The fraction of sp³-hybridized carbons (Fsp3) is 0. The molecule has 2 N–H and O–H groups in total. The lowest BCUT2D eigenvalue weighted by atomic mass is 10.2. The second kappa shape index (κ2) is 3.15. The summed E-state index contributed by atoms with van der Waals surface area (Å²) in [6.45, 7) is 0. The van der Waals surface area contributed by atoms with Crippen LogP contribution >= 0.6 is 0 Å². The van der Waals surface area contributed by atoms with Crippen molar-refractivity contribution in [2.24, 2.45) is 0 Å². The number of carboxylic acid groups (broad SMARTS) is 1. The average molecular weight is 200 g/mol. The van der Waals surface area contributed by atoms with E-state index in [2.05, 4.69) is 12.1 Å². The summed E-state index contributed by atoms with van der Waals surface area (Å²) in [5.41, 5.74) is -0.285. The summed E-state index contributed by atoms with van der Waals surface area (Å²) in [7, 11) is -4.30. The Balaban J connectivity index is 3.16. The van der Waals surface area contributed by atoms with Crippen LogP contribution in [0.15, 0.2) is 17.0 Å². The second-order valence-electron chi connectivity index (χ2n) is 2.13. The van der Waals surface area contributed by atoms with Crippen LogP contribution in [0.4, 0.5) is 0 Å². The SMILES string of the molecule is O=C(O)c1[c]cc(S(=O)(=O)O)c[c]1. The molecule has 0 saturated carbocycles. The van der Waals surface area contributed by atoms with Crippen LogP contribution < -0.4 is 0 Å². The fourth-order valence-electron chi connectivity index (χ4n) is 0.642. The number of carboxylic acids is 1. The van der Waals surface area contributed by atoms with Gasteiger partial charge in [-0.2, -0.15) is 8.42 Å². The maximum absolute atomic E-state index is 10.5. The van der Waals surface area contributed by atoms with Gasteiger partial charge in [0.1, 0.15) is 0 Å². The van der Waals surface area contributed by atoms with E-state index in [0.717, 1.165) is 12.1 Å². The third-order valence-corrected chi connectivity index (χ3v) is 2.06. The molecule has 0 heterocycles. The van der Waals surface area contributed by atoms with E-state index in [4.69, 9.17) is 9.66 Å². The van der Waals surface area contributed by atoms with E-state index >= 15 is 0 Å². The first kappa shape index (κ1) is 9.69. The highest BCUT2D eigenvalue weighted by Crippen LogP contribution is 2.08. The summed E-state index contributed by atoms with van der Waals surface area (Å²) in [4.78, 5) is 9.85. The van der Waals surface area contributed by atoms with Gasteiger partial charge in [-0.05, 0) is 24.3 Å². The van der Waals surface area contributed by atoms with Crippen LogP contribution in [0, 0.1) is 12.1 Å². The largest absolute Gasteiger partial charge is 0.478 e. The Hall–Kier alpha value is -1.40. The summed E-state index contributed by atoms with van der Waals surface area (Å²) in [5, 5.41) is 8.40. The molecule has 0 aliphatic carbocycles. The van der Waals surface area contributed by atoms with Crippen LogP contribution in [-0.2, 0) is 10.1 Å². The molecule has 13 heavy (non-hydrogen) atoms. The Morgan fingerprint density at radius 2 is 1.77 bits per heavy atom. The molecule has 68 valence electrons. The van der Waals surface area contributed by atoms with E-state index in [1.54, 1.807) is 0 Å². The van der Waals surface area contributed by atoms with Gasteiger partial charge in [-0.1, -0.05) is 0 Å². The van der Waals surface area contributed by atoms with E-state index in [-0.39, 0.29) is 5.56 Å². The monoisotopic (exact) mass is 200 g/mol. The summed E-state index contributed by atoms with van der Waals surface area (Å²) in [6, 6.07) is 6.04. The number of benzene rings is 1. The molecule has 2 radical (unpaired) electrons. The van der Waals surface area contributed by atoms with Crippen molar-refractivity contribution >= 4 is 16.1 Å². The van der Waals surface area contributed by atoms with Crippen molar-refractivity contribution in [1.82, 2.24) is 0 Å². The average Bonchev–Trinajstić information content (AvgIpc) is 2.03. The minimum Gasteiger partial charge on any atom is -0.478 e. The standard InChI is InChI=1S/C7H4O5S/c8-7(9)5-1-3-6(4-2-5)13(10,11)12/h3-4H,(H,8,9)(H,10,11,12). The third-order valence-electron chi connectivity index (χ3n) is 1.23. The van der Waals surface area contributed by atoms with Gasteiger partial charge in [0.05, 0.1) is 10.5 Å². The number of hydrogen-bond acceptors (Lipinski definition) is 3. The van der Waals surface area contributed by atoms with Crippen molar-refractivity contribution in [3.05, 3.63) is 29.8 Å². The van der Waals surface area contributed by atoms with Gasteiger partial charge in [-0.15, -0.1) is 0 Å². The van der Waals surface area contributed by atoms with Gasteiger partial charge >= 0.3 is 5.97 Å². The van der Waals surface area contributed by atoms with E-state index in [1.807, 2.05) is 0 Å². The normalized spacial score (nSPS) is 11.2. The molecule has 0 aliphatic rings. The Bertz CT molecular complexity index is 417. The predicted octanol–water partition coefficient (Wildman–Crippen LogP) is 0.232. The molecule has 1 aromatic rings. The van der Waals surface area contributed by atoms with Crippen LogP contribution in [-0.4, -0.2) is 24.0 Å². The number of rotatable bonds is 2. The maximum atomic E-state index is 10.5. The zero-order chi connectivity index (χ0) is 10.1. The minimum atomic E-state index is -4.30. The number of carbonyl (C=O) groups is 1. The second-order valence-corrected chi connectivity index (χ2v) is 3.56. The molecule has 1 rings (SSSR count). The fourth-order valence-corrected chi connectivity index (χ4v) is 1.06. The van der Waals surface area contributed by atoms with Crippen molar-refractivity contribution in [2.75, 3.05) is 0 Å². The zero-order valence-corrected chi connectivity index (χ0v) is 7.00. The molecule has 0 aromatic heterocycles. The minimum absolute atomic E-state index is 0.285. The number of aromatic carboxylic acids is 1. The summed E-state index contributed by atoms with van der Waals surface area (Å²) in [5.74, 6) is -1.26. The van der Waals surface area contributed by atoms with Gasteiger partial charge < -0.3 is 5.11 Å². The summed E-state index contributed by atoms with van der Waals surface area (Å²) < 4.78 is 29.5. The van der Waals surface area contributed by atoms with E-state index < -0.39 is 21.0 Å². The first-order valence-corrected chi connectivity index (χ1v) is 4.49. The van der Waals surface area contributed by atoms with E-state index in [0.29, 0.717) is 0 Å². The van der Waals surface area contributed by atoms with Gasteiger partial charge in [-0.3, -0.25) is 4.55 Å². The molecule has 0 spiro atoms. The van der Waals surface area contributed by atoms with Crippen molar-refractivity contribution in [3.8, 4) is 0 Å². The lowest BCUT2D eigenvalue weighted by Crippen LogP contribution is -2.01. The molecule has 0 bridgehead atoms. The maximum Gasteiger partial charge on any atom is 0.336 e. The molecular weight excluding hydrogens is 196 g/mol. The Kier molecular flexibility index (Phi) is 2.35. The molecule has 6 heteroatoms. The van der Waals surface area contributed by atoms with Crippen LogP contribution in [0.1, 0.15) is 10.4 Å². The first-order chi connectivity index (χ1) is 5.91. The highest BCUT2D eigenvalue weighted by atomic mass is 32.2.